The molecule has 1 fully saturated rings. The van der Waals surface area contributed by atoms with E-state index in [0.717, 1.165) is 5.92 Å². The number of nitrogens with zero attached hydrogens (tertiary/aromatic N) is 1. The summed E-state index contributed by atoms with van der Waals surface area (Å²) in [5.41, 5.74) is 0.348. The molecule has 58 valence electrons. The Bertz CT molecular complexity index is 138. The van der Waals surface area contributed by atoms with Crippen LogP contribution in [-0.2, 0) is 0 Å². The highest BCUT2D eigenvalue weighted by atomic mass is 15.2. The second kappa shape index (κ2) is 2.30. The van der Waals surface area contributed by atoms with Crippen LogP contribution in [0.25, 0.3) is 0 Å². The van der Waals surface area contributed by atoms with E-state index in [1.54, 1.807) is 0 Å². The van der Waals surface area contributed by atoms with E-state index < -0.39 is 0 Å². The van der Waals surface area contributed by atoms with Crippen molar-refractivity contribution in [3.05, 3.63) is 12.8 Å². The van der Waals surface area contributed by atoms with Crippen LogP contribution in [0.15, 0.2) is 12.8 Å². The molecule has 1 heteroatoms. The van der Waals surface area contributed by atoms with E-state index in [2.05, 4.69) is 32.3 Å². The maximum atomic E-state index is 3.80. The van der Waals surface area contributed by atoms with Crippen LogP contribution < -0.4 is 0 Å². The van der Waals surface area contributed by atoms with E-state index in [1.165, 1.54) is 13.0 Å². The molecule has 1 atom stereocenters. The lowest BCUT2D eigenvalue weighted by Gasteiger charge is -2.29. The van der Waals surface area contributed by atoms with Crippen molar-refractivity contribution >= 4 is 0 Å². The van der Waals surface area contributed by atoms with E-state index in [-0.39, 0.29) is 0 Å². The van der Waals surface area contributed by atoms with Gasteiger partial charge in [-0.05, 0) is 32.4 Å². The molecule has 0 aliphatic carbocycles. The highest BCUT2D eigenvalue weighted by Gasteiger charge is 2.33. The molecule has 1 nitrogen and oxygen atoms in total. The Morgan fingerprint density at radius 2 is 2.20 bits per heavy atom. The summed E-state index contributed by atoms with van der Waals surface area (Å²) < 4.78 is 0. The summed E-state index contributed by atoms with van der Waals surface area (Å²) >= 11 is 0. The molecule has 0 aromatic rings. The lowest BCUT2D eigenvalue weighted by molar-refractivity contribution is 0.250. The fourth-order valence-electron chi connectivity index (χ4n) is 1.94. The maximum absolute atomic E-state index is 3.80. The van der Waals surface area contributed by atoms with Crippen molar-refractivity contribution in [3.63, 3.8) is 0 Å². The summed E-state index contributed by atoms with van der Waals surface area (Å²) in [4.78, 5) is 2.33. The lowest BCUT2D eigenvalue weighted by Crippen LogP contribution is -2.33. The quantitative estimate of drug-likeness (QED) is 0.538. The lowest BCUT2D eigenvalue weighted by atomic mass is 9.98. The Labute approximate surface area is 63.7 Å². The fourth-order valence-corrected chi connectivity index (χ4v) is 1.94. The third kappa shape index (κ3) is 1.18. The van der Waals surface area contributed by atoms with Gasteiger partial charge in [0.25, 0.3) is 0 Å². The molecular weight excluding hydrogens is 122 g/mol. The van der Waals surface area contributed by atoms with Crippen molar-refractivity contribution in [1.82, 2.24) is 4.90 Å². The smallest absolute Gasteiger partial charge is 0.0343 e. The SMILES string of the molecule is C=CN1CC(C)CC1(C)C. The van der Waals surface area contributed by atoms with Crippen molar-refractivity contribution in [2.24, 2.45) is 5.92 Å². The van der Waals surface area contributed by atoms with Gasteiger partial charge < -0.3 is 4.90 Å². The van der Waals surface area contributed by atoms with Crippen LogP contribution in [0, 0.1) is 5.92 Å². The van der Waals surface area contributed by atoms with Gasteiger partial charge in [0.2, 0.25) is 0 Å². The summed E-state index contributed by atoms with van der Waals surface area (Å²) in [6.07, 6.45) is 3.25. The molecule has 0 bridgehead atoms. The third-order valence-electron chi connectivity index (χ3n) is 2.35. The number of hydrogen-bond acceptors (Lipinski definition) is 1. The molecule has 1 saturated heterocycles. The molecule has 1 heterocycles. The van der Waals surface area contributed by atoms with Crippen LogP contribution in [0.1, 0.15) is 27.2 Å². The van der Waals surface area contributed by atoms with E-state index in [9.17, 15) is 0 Å². The van der Waals surface area contributed by atoms with Gasteiger partial charge in [0, 0.05) is 12.1 Å². The first kappa shape index (κ1) is 7.64. The summed E-state index contributed by atoms with van der Waals surface area (Å²) in [7, 11) is 0. The molecule has 1 aliphatic heterocycles. The number of rotatable bonds is 1. The van der Waals surface area contributed by atoms with Crippen molar-refractivity contribution in [2.45, 2.75) is 32.7 Å². The molecule has 1 unspecified atom stereocenters. The number of hydrogen-bond donors (Lipinski definition) is 0. The van der Waals surface area contributed by atoms with Gasteiger partial charge in [-0.1, -0.05) is 13.5 Å². The highest BCUT2D eigenvalue weighted by Crippen LogP contribution is 2.31. The Balaban J connectivity index is 2.67. The van der Waals surface area contributed by atoms with Crippen LogP contribution in [0.4, 0.5) is 0 Å². The minimum absolute atomic E-state index is 0.348. The van der Waals surface area contributed by atoms with Crippen molar-refractivity contribution in [2.75, 3.05) is 6.54 Å². The average Bonchev–Trinajstić information content (AvgIpc) is 2.04. The van der Waals surface area contributed by atoms with Gasteiger partial charge >= 0.3 is 0 Å². The standard InChI is InChI=1S/C9H17N/c1-5-10-7-8(2)6-9(10,3)4/h5,8H,1,6-7H2,2-4H3. The largest absolute Gasteiger partial charge is 0.373 e. The van der Waals surface area contributed by atoms with Gasteiger partial charge in [-0.15, -0.1) is 0 Å². The molecule has 1 aliphatic rings. The minimum atomic E-state index is 0.348. The predicted octanol–water partition coefficient (Wildman–Crippen LogP) is 2.25. The van der Waals surface area contributed by atoms with Crippen molar-refractivity contribution in [1.29, 1.82) is 0 Å². The van der Waals surface area contributed by atoms with Gasteiger partial charge in [0.05, 0.1) is 0 Å². The molecule has 10 heavy (non-hydrogen) atoms. The molecule has 0 spiro atoms. The van der Waals surface area contributed by atoms with Crippen LogP contribution in [0.3, 0.4) is 0 Å². The normalized spacial score (nSPS) is 30.7. The monoisotopic (exact) mass is 139 g/mol. The first-order chi connectivity index (χ1) is 4.56. The summed E-state index contributed by atoms with van der Waals surface area (Å²) in [6, 6.07) is 0. The minimum Gasteiger partial charge on any atom is -0.373 e. The third-order valence-corrected chi connectivity index (χ3v) is 2.35. The maximum Gasteiger partial charge on any atom is 0.0343 e. The zero-order valence-electron chi connectivity index (χ0n) is 7.22. The Morgan fingerprint density at radius 1 is 1.60 bits per heavy atom. The molecule has 0 aromatic heterocycles. The van der Waals surface area contributed by atoms with E-state index in [4.69, 9.17) is 0 Å². The molecule has 0 N–H and O–H groups in total. The molecule has 0 amide bonds. The average molecular weight is 139 g/mol. The van der Waals surface area contributed by atoms with Crippen LogP contribution in [-0.4, -0.2) is 17.0 Å². The predicted molar refractivity (Wildman–Crippen MR) is 44.8 cm³/mol. The van der Waals surface area contributed by atoms with Gasteiger partial charge in [0.1, 0.15) is 0 Å². The van der Waals surface area contributed by atoms with Crippen molar-refractivity contribution in [3.8, 4) is 0 Å². The van der Waals surface area contributed by atoms with Gasteiger partial charge in [0.15, 0.2) is 0 Å². The van der Waals surface area contributed by atoms with Gasteiger partial charge in [-0.25, -0.2) is 0 Å². The number of likely N-dealkylation sites (tertiary alicyclic amines) is 1. The second-order valence-electron chi connectivity index (χ2n) is 3.96. The summed E-state index contributed by atoms with van der Waals surface area (Å²) in [6.45, 7) is 11.8. The Hall–Kier alpha value is -0.460. The Kier molecular flexibility index (Phi) is 1.76. The Morgan fingerprint density at radius 3 is 2.40 bits per heavy atom. The zero-order chi connectivity index (χ0) is 7.78. The molecule has 0 aromatic carbocycles. The van der Waals surface area contributed by atoms with Crippen molar-refractivity contribution < 1.29 is 0 Å². The molecule has 0 radical (unpaired) electrons. The second-order valence-corrected chi connectivity index (χ2v) is 3.96. The van der Waals surface area contributed by atoms with Crippen LogP contribution in [0.5, 0.6) is 0 Å². The van der Waals surface area contributed by atoms with E-state index >= 15 is 0 Å². The molecule has 1 rings (SSSR count). The fraction of sp³-hybridized carbons (Fsp3) is 0.778. The molecule has 0 saturated carbocycles. The van der Waals surface area contributed by atoms with Gasteiger partial charge in [-0.2, -0.15) is 0 Å². The summed E-state index contributed by atoms with van der Waals surface area (Å²) in [5, 5.41) is 0. The first-order valence-electron chi connectivity index (χ1n) is 3.95. The first-order valence-corrected chi connectivity index (χ1v) is 3.95. The van der Waals surface area contributed by atoms with E-state index in [0.29, 0.717) is 5.54 Å². The molecular formula is C9H17N. The van der Waals surface area contributed by atoms with E-state index in [1.807, 2.05) is 6.20 Å². The van der Waals surface area contributed by atoms with Gasteiger partial charge in [-0.3, -0.25) is 0 Å². The zero-order valence-corrected chi connectivity index (χ0v) is 7.22. The topological polar surface area (TPSA) is 3.24 Å². The van der Waals surface area contributed by atoms with Crippen LogP contribution >= 0.6 is 0 Å². The van der Waals surface area contributed by atoms with Crippen LogP contribution in [0.2, 0.25) is 0 Å². The highest BCUT2D eigenvalue weighted by molar-refractivity contribution is 4.95. The summed E-state index contributed by atoms with van der Waals surface area (Å²) in [5.74, 6) is 0.827.